The third-order valence-electron chi connectivity index (χ3n) is 3.14. The molecule has 0 saturated carbocycles. The number of likely N-dealkylation sites (tertiary alicyclic amines) is 1. The second-order valence-electron chi connectivity index (χ2n) is 4.30. The van der Waals surface area contributed by atoms with Crippen molar-refractivity contribution in [3.63, 3.8) is 0 Å². The van der Waals surface area contributed by atoms with E-state index in [9.17, 15) is 4.79 Å². The van der Waals surface area contributed by atoms with Gasteiger partial charge in [-0.2, -0.15) is 0 Å². The molecule has 1 atom stereocenters. The van der Waals surface area contributed by atoms with Crippen LogP contribution in [0, 0.1) is 0 Å². The average Bonchev–Trinajstić information content (AvgIpc) is 2.21. The van der Waals surface area contributed by atoms with Crippen LogP contribution in [0.4, 0.5) is 0 Å². The number of nitrogens with zero attached hydrogens (tertiary/aromatic N) is 1. The van der Waals surface area contributed by atoms with Crippen LogP contribution in [-0.4, -0.2) is 29.8 Å². The van der Waals surface area contributed by atoms with Crippen molar-refractivity contribution in [2.75, 3.05) is 13.1 Å². The number of piperidine rings is 1. The van der Waals surface area contributed by atoms with Crippen LogP contribution in [0.5, 0.6) is 0 Å². The first-order valence-electron chi connectivity index (χ1n) is 6.03. The summed E-state index contributed by atoms with van der Waals surface area (Å²) in [6.45, 7) is 6.02. The summed E-state index contributed by atoms with van der Waals surface area (Å²) in [6.07, 6.45) is 7.11. The minimum Gasteiger partial charge on any atom is -0.298 e. The Kier molecular flexibility index (Phi) is 5.16. The van der Waals surface area contributed by atoms with Crippen molar-refractivity contribution in [3.8, 4) is 0 Å². The van der Waals surface area contributed by atoms with Gasteiger partial charge in [0.2, 0.25) is 0 Å². The summed E-state index contributed by atoms with van der Waals surface area (Å²) in [4.78, 5) is 13.8. The zero-order valence-corrected chi connectivity index (χ0v) is 9.59. The maximum atomic E-state index is 11.4. The highest BCUT2D eigenvalue weighted by Gasteiger charge is 2.22. The molecule has 2 heteroatoms. The number of ketones is 1. The Bertz CT molecular complexity index is 177. The van der Waals surface area contributed by atoms with Crippen LogP contribution in [0.1, 0.15) is 52.4 Å². The summed E-state index contributed by atoms with van der Waals surface area (Å²) in [5, 5.41) is 0. The Labute approximate surface area is 87.7 Å². The van der Waals surface area contributed by atoms with E-state index < -0.39 is 0 Å². The van der Waals surface area contributed by atoms with Gasteiger partial charge in [0.25, 0.3) is 0 Å². The highest BCUT2D eigenvalue weighted by atomic mass is 16.1. The lowest BCUT2D eigenvalue weighted by Gasteiger charge is -2.35. The van der Waals surface area contributed by atoms with Crippen LogP contribution < -0.4 is 0 Å². The molecule has 0 aromatic heterocycles. The Balaban J connectivity index is 2.41. The summed E-state index contributed by atoms with van der Waals surface area (Å²) in [7, 11) is 0. The van der Waals surface area contributed by atoms with E-state index in [1.807, 2.05) is 6.92 Å². The Morgan fingerprint density at radius 1 is 1.36 bits per heavy atom. The third-order valence-corrected chi connectivity index (χ3v) is 3.14. The zero-order valence-electron chi connectivity index (χ0n) is 9.59. The van der Waals surface area contributed by atoms with Crippen LogP contribution in [0.15, 0.2) is 0 Å². The second-order valence-corrected chi connectivity index (χ2v) is 4.30. The molecule has 0 N–H and O–H groups in total. The van der Waals surface area contributed by atoms with Crippen molar-refractivity contribution >= 4 is 5.78 Å². The van der Waals surface area contributed by atoms with Gasteiger partial charge in [-0.15, -0.1) is 0 Å². The molecular formula is C12H23NO. The van der Waals surface area contributed by atoms with E-state index in [2.05, 4.69) is 11.8 Å². The van der Waals surface area contributed by atoms with E-state index in [1.54, 1.807) is 0 Å². The highest BCUT2D eigenvalue weighted by Crippen LogP contribution is 2.20. The number of carbonyl (C=O) groups is 1. The molecule has 14 heavy (non-hydrogen) atoms. The molecule has 0 spiro atoms. The first-order chi connectivity index (χ1) is 6.77. The van der Waals surface area contributed by atoms with E-state index in [-0.39, 0.29) is 0 Å². The molecule has 1 unspecified atom stereocenters. The van der Waals surface area contributed by atoms with Gasteiger partial charge in [0.1, 0.15) is 5.78 Å². The fourth-order valence-electron chi connectivity index (χ4n) is 2.27. The monoisotopic (exact) mass is 197 g/mol. The Hall–Kier alpha value is -0.370. The number of hydrogen-bond acceptors (Lipinski definition) is 2. The summed E-state index contributed by atoms with van der Waals surface area (Å²) in [5.74, 6) is 0.396. The SMILES string of the molecule is CCCC1CCCCN1CC(=O)CC. The lowest BCUT2D eigenvalue weighted by molar-refractivity contribution is -0.120. The predicted molar refractivity (Wildman–Crippen MR) is 59.4 cm³/mol. The van der Waals surface area contributed by atoms with E-state index in [0.717, 1.165) is 6.54 Å². The van der Waals surface area contributed by atoms with Gasteiger partial charge in [0.15, 0.2) is 0 Å². The molecule has 1 aliphatic heterocycles. The van der Waals surface area contributed by atoms with Crippen molar-refractivity contribution in [1.29, 1.82) is 0 Å². The fraction of sp³-hybridized carbons (Fsp3) is 0.917. The van der Waals surface area contributed by atoms with Crippen LogP contribution in [-0.2, 0) is 4.79 Å². The van der Waals surface area contributed by atoms with Gasteiger partial charge in [-0.1, -0.05) is 26.7 Å². The molecule has 0 aromatic carbocycles. The molecule has 0 amide bonds. The van der Waals surface area contributed by atoms with Crippen LogP contribution in [0.3, 0.4) is 0 Å². The van der Waals surface area contributed by atoms with E-state index in [0.29, 0.717) is 24.8 Å². The molecule has 1 rings (SSSR count). The van der Waals surface area contributed by atoms with Gasteiger partial charge >= 0.3 is 0 Å². The Morgan fingerprint density at radius 2 is 2.14 bits per heavy atom. The first kappa shape index (κ1) is 11.7. The van der Waals surface area contributed by atoms with Crippen molar-refractivity contribution in [3.05, 3.63) is 0 Å². The Morgan fingerprint density at radius 3 is 2.79 bits per heavy atom. The van der Waals surface area contributed by atoms with Crippen LogP contribution in [0.2, 0.25) is 0 Å². The predicted octanol–water partition coefficient (Wildman–Crippen LogP) is 2.62. The van der Waals surface area contributed by atoms with Crippen molar-refractivity contribution in [2.24, 2.45) is 0 Å². The standard InChI is InChI=1S/C12H23NO/c1-3-7-11-8-5-6-9-13(11)10-12(14)4-2/h11H,3-10H2,1-2H3. The largest absolute Gasteiger partial charge is 0.298 e. The first-order valence-corrected chi connectivity index (χ1v) is 6.03. The van der Waals surface area contributed by atoms with Gasteiger partial charge < -0.3 is 0 Å². The topological polar surface area (TPSA) is 20.3 Å². The highest BCUT2D eigenvalue weighted by molar-refractivity contribution is 5.80. The van der Waals surface area contributed by atoms with Crippen LogP contribution in [0.25, 0.3) is 0 Å². The third kappa shape index (κ3) is 3.41. The summed E-state index contributed by atoms with van der Waals surface area (Å²) >= 11 is 0. The molecule has 2 nitrogen and oxygen atoms in total. The van der Waals surface area contributed by atoms with E-state index >= 15 is 0 Å². The van der Waals surface area contributed by atoms with Crippen molar-refractivity contribution < 1.29 is 4.79 Å². The fourth-order valence-corrected chi connectivity index (χ4v) is 2.27. The molecule has 1 saturated heterocycles. The van der Waals surface area contributed by atoms with Gasteiger partial charge in [0.05, 0.1) is 6.54 Å². The van der Waals surface area contributed by atoms with E-state index in [4.69, 9.17) is 0 Å². The molecule has 82 valence electrons. The van der Waals surface area contributed by atoms with Crippen LogP contribution >= 0.6 is 0 Å². The second kappa shape index (κ2) is 6.18. The minimum absolute atomic E-state index is 0.396. The smallest absolute Gasteiger partial charge is 0.146 e. The molecule has 0 bridgehead atoms. The molecule has 1 heterocycles. The van der Waals surface area contributed by atoms with Crippen molar-refractivity contribution in [1.82, 2.24) is 4.90 Å². The number of hydrogen-bond donors (Lipinski definition) is 0. The molecule has 1 fully saturated rings. The van der Waals surface area contributed by atoms with Crippen molar-refractivity contribution in [2.45, 2.75) is 58.4 Å². The quantitative estimate of drug-likeness (QED) is 0.675. The molecule has 0 aliphatic carbocycles. The van der Waals surface area contributed by atoms with Gasteiger partial charge in [-0.05, 0) is 25.8 Å². The molecule has 1 aliphatic rings. The lowest BCUT2D eigenvalue weighted by Crippen LogP contribution is -2.42. The molecule has 0 radical (unpaired) electrons. The number of rotatable bonds is 5. The number of Topliss-reactive ketones (excluding diaryl/α,β-unsaturated/α-hetero) is 1. The minimum atomic E-state index is 0.396. The van der Waals surface area contributed by atoms with Gasteiger partial charge in [0, 0.05) is 12.5 Å². The lowest BCUT2D eigenvalue weighted by atomic mass is 9.98. The molecular weight excluding hydrogens is 174 g/mol. The maximum Gasteiger partial charge on any atom is 0.146 e. The van der Waals surface area contributed by atoms with E-state index in [1.165, 1.54) is 32.1 Å². The normalized spacial score (nSPS) is 23.7. The average molecular weight is 197 g/mol. The number of carbonyl (C=O) groups excluding carboxylic acids is 1. The summed E-state index contributed by atoms with van der Waals surface area (Å²) in [6, 6.07) is 0.684. The zero-order chi connectivity index (χ0) is 10.4. The summed E-state index contributed by atoms with van der Waals surface area (Å²) < 4.78 is 0. The van der Waals surface area contributed by atoms with Gasteiger partial charge in [-0.3, -0.25) is 9.69 Å². The maximum absolute atomic E-state index is 11.4. The summed E-state index contributed by atoms with van der Waals surface area (Å²) in [5.41, 5.74) is 0. The molecule has 0 aromatic rings. The van der Waals surface area contributed by atoms with Gasteiger partial charge in [-0.25, -0.2) is 0 Å².